The van der Waals surface area contributed by atoms with Crippen LogP contribution in [-0.2, 0) is 16.2 Å². The van der Waals surface area contributed by atoms with Gasteiger partial charge in [-0.3, -0.25) is 0 Å². The number of sulfonamides is 1. The summed E-state index contributed by atoms with van der Waals surface area (Å²) in [5.41, 5.74) is -0.860. The average molecular weight is 437 g/mol. The second kappa shape index (κ2) is 11.3. The SMILES string of the molecule is O=S(=O)(N[C@H]1CC[C@H](CCCCCNCCO)CC1)c1ccc(C(F)(F)F)cc1. The Hall–Kier alpha value is -1.16. The van der Waals surface area contributed by atoms with Gasteiger partial charge in [-0.15, -0.1) is 0 Å². The molecule has 0 bridgehead atoms. The van der Waals surface area contributed by atoms with Gasteiger partial charge in [-0.1, -0.05) is 19.3 Å². The van der Waals surface area contributed by atoms with Gasteiger partial charge in [-0.25, -0.2) is 13.1 Å². The molecule has 0 radical (unpaired) electrons. The third-order valence-electron chi connectivity index (χ3n) is 5.42. The van der Waals surface area contributed by atoms with Gasteiger partial charge in [0.25, 0.3) is 0 Å². The molecular weight excluding hydrogens is 405 g/mol. The first-order valence-electron chi connectivity index (χ1n) is 10.2. The van der Waals surface area contributed by atoms with Crippen molar-refractivity contribution in [2.75, 3.05) is 19.7 Å². The molecule has 3 N–H and O–H groups in total. The fraction of sp³-hybridized carbons (Fsp3) is 0.700. The minimum atomic E-state index is -4.48. The zero-order valence-corrected chi connectivity index (χ0v) is 17.4. The maximum absolute atomic E-state index is 12.6. The highest BCUT2D eigenvalue weighted by molar-refractivity contribution is 7.89. The van der Waals surface area contributed by atoms with Gasteiger partial charge in [0.1, 0.15) is 0 Å². The topological polar surface area (TPSA) is 78.4 Å². The standard InChI is InChI=1S/C20H31F3N2O3S/c21-20(22,23)17-7-11-19(12-8-17)29(27,28)25-18-9-5-16(6-10-18)4-2-1-3-13-24-14-15-26/h7-8,11-12,16,18,24-26H,1-6,9-10,13-15H2/t16-,18-. The third kappa shape index (κ3) is 8.24. The fourth-order valence-corrected chi connectivity index (χ4v) is 5.05. The van der Waals surface area contributed by atoms with E-state index in [2.05, 4.69) is 10.0 Å². The Kier molecular flexibility index (Phi) is 9.39. The summed E-state index contributed by atoms with van der Waals surface area (Å²) in [5.74, 6) is 0.604. The number of alkyl halides is 3. The van der Waals surface area contributed by atoms with Crippen LogP contribution in [0.3, 0.4) is 0 Å². The highest BCUT2D eigenvalue weighted by Crippen LogP contribution is 2.31. The Morgan fingerprint density at radius 1 is 0.966 bits per heavy atom. The van der Waals surface area contributed by atoms with E-state index >= 15 is 0 Å². The number of nitrogens with one attached hydrogen (secondary N) is 2. The van der Waals surface area contributed by atoms with Crippen molar-refractivity contribution in [1.29, 1.82) is 0 Å². The summed E-state index contributed by atoms with van der Waals surface area (Å²) in [6.07, 6.45) is 3.45. The van der Waals surface area contributed by atoms with Gasteiger partial charge in [0.05, 0.1) is 17.1 Å². The quantitative estimate of drug-likeness (QED) is 0.463. The molecule has 0 saturated heterocycles. The molecule has 29 heavy (non-hydrogen) atoms. The Morgan fingerprint density at radius 3 is 2.21 bits per heavy atom. The minimum Gasteiger partial charge on any atom is -0.395 e. The van der Waals surface area contributed by atoms with Gasteiger partial charge in [0, 0.05) is 12.6 Å². The van der Waals surface area contributed by atoms with Gasteiger partial charge < -0.3 is 10.4 Å². The van der Waals surface area contributed by atoms with E-state index in [-0.39, 0.29) is 17.5 Å². The highest BCUT2D eigenvalue weighted by atomic mass is 32.2. The van der Waals surface area contributed by atoms with Crippen LogP contribution in [0.25, 0.3) is 0 Å². The molecule has 166 valence electrons. The lowest BCUT2D eigenvalue weighted by molar-refractivity contribution is -0.137. The Morgan fingerprint density at radius 2 is 1.62 bits per heavy atom. The van der Waals surface area contributed by atoms with E-state index < -0.39 is 21.8 Å². The van der Waals surface area contributed by atoms with E-state index in [1.54, 1.807) is 0 Å². The first-order chi connectivity index (χ1) is 13.7. The number of hydrogen-bond acceptors (Lipinski definition) is 4. The lowest BCUT2D eigenvalue weighted by Gasteiger charge is -2.29. The van der Waals surface area contributed by atoms with Crippen molar-refractivity contribution in [1.82, 2.24) is 10.0 Å². The van der Waals surface area contributed by atoms with Crippen LogP contribution >= 0.6 is 0 Å². The predicted octanol–water partition coefficient (Wildman–Crippen LogP) is 3.68. The van der Waals surface area contributed by atoms with Crippen LogP contribution < -0.4 is 10.0 Å². The van der Waals surface area contributed by atoms with E-state index in [0.29, 0.717) is 12.5 Å². The molecule has 0 amide bonds. The summed E-state index contributed by atoms with van der Waals surface area (Å²) in [4.78, 5) is -0.137. The van der Waals surface area contributed by atoms with Crippen LogP contribution in [0.4, 0.5) is 13.2 Å². The molecule has 1 fully saturated rings. The van der Waals surface area contributed by atoms with Gasteiger partial charge in [-0.05, 0) is 68.8 Å². The maximum atomic E-state index is 12.6. The largest absolute Gasteiger partial charge is 0.416 e. The van der Waals surface area contributed by atoms with E-state index in [1.165, 1.54) is 0 Å². The zero-order valence-electron chi connectivity index (χ0n) is 16.5. The predicted molar refractivity (Wildman–Crippen MR) is 106 cm³/mol. The summed E-state index contributed by atoms with van der Waals surface area (Å²) >= 11 is 0. The van der Waals surface area contributed by atoms with E-state index in [9.17, 15) is 21.6 Å². The van der Waals surface area contributed by atoms with Gasteiger partial charge >= 0.3 is 6.18 Å². The van der Waals surface area contributed by atoms with E-state index in [0.717, 1.165) is 82.2 Å². The van der Waals surface area contributed by atoms with Crippen molar-refractivity contribution >= 4 is 10.0 Å². The Bertz CT molecular complexity index is 701. The fourth-order valence-electron chi connectivity index (χ4n) is 3.74. The van der Waals surface area contributed by atoms with Crippen LogP contribution in [0, 0.1) is 5.92 Å². The molecule has 2 rings (SSSR count). The molecule has 1 aromatic rings. The molecule has 1 aliphatic carbocycles. The number of benzene rings is 1. The summed E-state index contributed by atoms with van der Waals surface area (Å²) < 4.78 is 65.4. The molecule has 0 aliphatic heterocycles. The van der Waals surface area contributed by atoms with Crippen molar-refractivity contribution < 1.29 is 26.7 Å². The Labute approximate surface area is 171 Å². The number of hydrogen-bond donors (Lipinski definition) is 3. The number of rotatable bonds is 11. The number of unbranched alkanes of at least 4 members (excludes halogenated alkanes) is 2. The molecule has 0 unspecified atom stereocenters. The van der Waals surface area contributed by atoms with Crippen LogP contribution in [0.5, 0.6) is 0 Å². The van der Waals surface area contributed by atoms with Crippen molar-refractivity contribution in [2.45, 2.75) is 68.5 Å². The normalized spacial score (nSPS) is 20.7. The first-order valence-corrected chi connectivity index (χ1v) is 11.7. The van der Waals surface area contributed by atoms with Crippen LogP contribution in [-0.4, -0.2) is 39.3 Å². The number of aliphatic hydroxyl groups is 1. The summed E-state index contributed by atoms with van der Waals surface area (Å²) in [5, 5.41) is 11.8. The van der Waals surface area contributed by atoms with E-state index in [1.807, 2.05) is 0 Å². The monoisotopic (exact) mass is 436 g/mol. The first kappa shape index (κ1) is 24.1. The molecule has 1 aromatic carbocycles. The molecule has 0 heterocycles. The number of aliphatic hydroxyl groups excluding tert-OH is 1. The summed E-state index contributed by atoms with van der Waals surface area (Å²) in [7, 11) is -3.81. The zero-order chi connectivity index (χ0) is 21.3. The van der Waals surface area contributed by atoms with Gasteiger partial charge in [-0.2, -0.15) is 13.2 Å². The second-order valence-electron chi connectivity index (χ2n) is 7.68. The van der Waals surface area contributed by atoms with Gasteiger partial charge in [0.2, 0.25) is 10.0 Å². The molecule has 0 atom stereocenters. The van der Waals surface area contributed by atoms with Crippen molar-refractivity contribution in [3.8, 4) is 0 Å². The Balaban J connectivity index is 1.71. The smallest absolute Gasteiger partial charge is 0.395 e. The maximum Gasteiger partial charge on any atom is 0.416 e. The summed E-state index contributed by atoms with van der Waals surface area (Å²) in [6.45, 7) is 1.71. The van der Waals surface area contributed by atoms with Crippen LogP contribution in [0.2, 0.25) is 0 Å². The molecule has 1 aliphatic rings. The summed E-state index contributed by atoms with van der Waals surface area (Å²) in [6, 6.07) is 3.44. The minimum absolute atomic E-state index is 0.137. The highest BCUT2D eigenvalue weighted by Gasteiger charge is 2.31. The molecule has 0 spiro atoms. The molecule has 5 nitrogen and oxygen atoms in total. The molecule has 0 aromatic heterocycles. The van der Waals surface area contributed by atoms with Crippen molar-refractivity contribution in [3.63, 3.8) is 0 Å². The van der Waals surface area contributed by atoms with Crippen LogP contribution in [0.15, 0.2) is 29.2 Å². The second-order valence-corrected chi connectivity index (χ2v) is 9.40. The van der Waals surface area contributed by atoms with Gasteiger partial charge in [0.15, 0.2) is 0 Å². The van der Waals surface area contributed by atoms with Crippen molar-refractivity contribution in [2.24, 2.45) is 5.92 Å². The van der Waals surface area contributed by atoms with E-state index in [4.69, 9.17) is 5.11 Å². The molecule has 9 heteroatoms. The molecule has 1 saturated carbocycles. The number of halogens is 3. The van der Waals surface area contributed by atoms with Crippen molar-refractivity contribution in [3.05, 3.63) is 29.8 Å². The lowest BCUT2D eigenvalue weighted by Crippen LogP contribution is -2.37. The lowest BCUT2D eigenvalue weighted by atomic mass is 9.83. The third-order valence-corrected chi connectivity index (χ3v) is 6.95. The van der Waals surface area contributed by atoms with Crippen LogP contribution in [0.1, 0.15) is 56.9 Å². The average Bonchev–Trinajstić information content (AvgIpc) is 2.68. The molecular formula is C20H31F3N2O3S.